The van der Waals surface area contributed by atoms with Crippen molar-refractivity contribution in [2.75, 3.05) is 6.54 Å². The van der Waals surface area contributed by atoms with Crippen LogP contribution in [0, 0.1) is 0 Å². The van der Waals surface area contributed by atoms with Crippen molar-refractivity contribution in [2.24, 2.45) is 0 Å². The molecule has 0 saturated carbocycles. The van der Waals surface area contributed by atoms with E-state index >= 15 is 0 Å². The number of carbonyl (C=O) groups excluding carboxylic acids is 2. The van der Waals surface area contributed by atoms with Crippen LogP contribution in [0.5, 0.6) is 0 Å². The first-order valence-electron chi connectivity index (χ1n) is 8.86. The molecule has 8 heteroatoms. The summed E-state index contributed by atoms with van der Waals surface area (Å²) in [6.07, 6.45) is 0.843. The predicted molar refractivity (Wildman–Crippen MR) is 98.2 cm³/mol. The van der Waals surface area contributed by atoms with Gasteiger partial charge in [-0.1, -0.05) is 45.0 Å². The van der Waals surface area contributed by atoms with Gasteiger partial charge < -0.3 is 10.6 Å². The number of tetrazole rings is 1. The van der Waals surface area contributed by atoms with Gasteiger partial charge in [-0.2, -0.15) is 4.80 Å². The van der Waals surface area contributed by atoms with Gasteiger partial charge in [-0.25, -0.2) is 0 Å². The van der Waals surface area contributed by atoms with Crippen LogP contribution in [-0.2, 0) is 16.1 Å². The fourth-order valence-corrected chi connectivity index (χ4v) is 2.33. The minimum Gasteiger partial charge on any atom is -0.354 e. The number of hydrogen-bond acceptors (Lipinski definition) is 5. The van der Waals surface area contributed by atoms with Gasteiger partial charge in [0.1, 0.15) is 12.6 Å². The third-order valence-corrected chi connectivity index (χ3v) is 3.89. The van der Waals surface area contributed by atoms with Crippen LogP contribution in [-0.4, -0.2) is 44.6 Å². The van der Waals surface area contributed by atoms with Crippen LogP contribution in [0.15, 0.2) is 24.3 Å². The monoisotopic (exact) mass is 358 g/mol. The van der Waals surface area contributed by atoms with E-state index in [1.807, 2.05) is 31.2 Å². The van der Waals surface area contributed by atoms with Crippen LogP contribution < -0.4 is 10.6 Å². The molecule has 0 bridgehead atoms. The van der Waals surface area contributed by atoms with E-state index in [4.69, 9.17) is 0 Å². The quantitative estimate of drug-likeness (QED) is 0.744. The summed E-state index contributed by atoms with van der Waals surface area (Å²) in [7, 11) is 0. The van der Waals surface area contributed by atoms with Crippen LogP contribution in [0.4, 0.5) is 0 Å². The number of nitrogens with zero attached hydrogens (tertiary/aromatic N) is 4. The van der Waals surface area contributed by atoms with E-state index < -0.39 is 6.04 Å². The molecule has 2 N–H and O–H groups in total. The molecule has 2 aromatic rings. The van der Waals surface area contributed by atoms with Crippen molar-refractivity contribution in [1.82, 2.24) is 30.8 Å². The molecule has 0 radical (unpaired) electrons. The summed E-state index contributed by atoms with van der Waals surface area (Å²) in [4.78, 5) is 25.0. The average Bonchev–Trinajstić information content (AvgIpc) is 3.07. The topological polar surface area (TPSA) is 102 Å². The summed E-state index contributed by atoms with van der Waals surface area (Å²) in [5.74, 6) is 0.357. The number of benzene rings is 1. The molecule has 0 fully saturated rings. The second-order valence-electron chi connectivity index (χ2n) is 6.50. The Morgan fingerprint density at radius 1 is 1.15 bits per heavy atom. The smallest absolute Gasteiger partial charge is 0.244 e. The molecule has 0 spiro atoms. The van der Waals surface area contributed by atoms with Crippen molar-refractivity contribution in [3.05, 3.63) is 29.8 Å². The maximum atomic E-state index is 12.0. The molecule has 2 amide bonds. The summed E-state index contributed by atoms with van der Waals surface area (Å²) in [6.45, 7) is 8.36. The second kappa shape index (κ2) is 9.07. The van der Waals surface area contributed by atoms with Crippen LogP contribution >= 0.6 is 0 Å². The Balaban J connectivity index is 1.93. The number of hydrogen-bond donors (Lipinski definition) is 2. The van der Waals surface area contributed by atoms with E-state index in [0.29, 0.717) is 18.3 Å². The average molecular weight is 358 g/mol. The van der Waals surface area contributed by atoms with Crippen LogP contribution in [0.1, 0.15) is 45.6 Å². The molecule has 0 aliphatic heterocycles. The normalized spacial score (nSPS) is 12.0. The van der Waals surface area contributed by atoms with E-state index in [0.717, 1.165) is 12.0 Å². The van der Waals surface area contributed by atoms with Crippen molar-refractivity contribution in [2.45, 2.75) is 52.6 Å². The zero-order valence-corrected chi connectivity index (χ0v) is 15.7. The highest BCUT2D eigenvalue weighted by atomic mass is 16.2. The molecule has 140 valence electrons. The molecular formula is C18H26N6O2. The third kappa shape index (κ3) is 5.37. The van der Waals surface area contributed by atoms with Gasteiger partial charge in [0, 0.05) is 12.1 Å². The highest BCUT2D eigenvalue weighted by Gasteiger charge is 2.16. The molecule has 1 aromatic carbocycles. The van der Waals surface area contributed by atoms with Crippen molar-refractivity contribution >= 4 is 11.8 Å². The van der Waals surface area contributed by atoms with Gasteiger partial charge >= 0.3 is 0 Å². The highest BCUT2D eigenvalue weighted by molar-refractivity contribution is 5.87. The molecule has 2 rings (SSSR count). The van der Waals surface area contributed by atoms with Gasteiger partial charge in [-0.15, -0.1) is 10.2 Å². The minimum atomic E-state index is -0.611. The fourth-order valence-electron chi connectivity index (χ4n) is 2.33. The SMILES string of the molecule is CCCNC(=O)[C@H](C)NC(=O)Cn1nnc(-c2ccc(C(C)C)cc2)n1. The standard InChI is InChI=1S/C18H26N6O2/c1-5-10-19-18(26)13(4)20-16(25)11-24-22-17(21-23-24)15-8-6-14(7-9-15)12(2)3/h6-9,12-13H,5,10-11H2,1-4H3,(H,19,26)(H,20,25)/t13-/m0/s1. The highest BCUT2D eigenvalue weighted by Crippen LogP contribution is 2.19. The Hall–Kier alpha value is -2.77. The van der Waals surface area contributed by atoms with Gasteiger partial charge in [0.25, 0.3) is 0 Å². The molecule has 0 unspecified atom stereocenters. The Bertz CT molecular complexity index is 738. The van der Waals surface area contributed by atoms with Crippen LogP contribution in [0.3, 0.4) is 0 Å². The Labute approximate surface area is 153 Å². The van der Waals surface area contributed by atoms with Crippen molar-refractivity contribution in [1.29, 1.82) is 0 Å². The summed E-state index contributed by atoms with van der Waals surface area (Å²) in [5, 5.41) is 17.5. The van der Waals surface area contributed by atoms with Gasteiger partial charge in [-0.05, 0) is 30.0 Å². The summed E-state index contributed by atoms with van der Waals surface area (Å²) in [6, 6.07) is 7.34. The largest absolute Gasteiger partial charge is 0.354 e. The van der Waals surface area contributed by atoms with Crippen LogP contribution in [0.25, 0.3) is 11.4 Å². The van der Waals surface area contributed by atoms with Crippen molar-refractivity contribution < 1.29 is 9.59 Å². The lowest BCUT2D eigenvalue weighted by atomic mass is 10.0. The molecule has 1 heterocycles. The van der Waals surface area contributed by atoms with E-state index in [2.05, 4.69) is 39.9 Å². The molecule has 1 atom stereocenters. The first-order chi connectivity index (χ1) is 12.4. The summed E-state index contributed by atoms with van der Waals surface area (Å²) in [5.41, 5.74) is 2.07. The molecule has 0 aliphatic carbocycles. The van der Waals surface area contributed by atoms with Gasteiger partial charge in [0.2, 0.25) is 17.6 Å². The molecule has 0 aliphatic rings. The van der Waals surface area contributed by atoms with E-state index in [1.165, 1.54) is 10.4 Å². The number of amides is 2. The molecule has 0 saturated heterocycles. The van der Waals surface area contributed by atoms with E-state index in [-0.39, 0.29) is 18.4 Å². The zero-order chi connectivity index (χ0) is 19.1. The van der Waals surface area contributed by atoms with Crippen molar-refractivity contribution in [3.8, 4) is 11.4 Å². The number of nitrogens with one attached hydrogen (secondary N) is 2. The number of aromatic nitrogens is 4. The Kier molecular flexibility index (Phi) is 6.82. The van der Waals surface area contributed by atoms with E-state index in [1.54, 1.807) is 6.92 Å². The molecule has 1 aromatic heterocycles. The first-order valence-corrected chi connectivity index (χ1v) is 8.86. The number of rotatable bonds is 8. The van der Waals surface area contributed by atoms with Gasteiger partial charge in [0.15, 0.2) is 0 Å². The maximum Gasteiger partial charge on any atom is 0.244 e. The van der Waals surface area contributed by atoms with E-state index in [9.17, 15) is 9.59 Å². The third-order valence-electron chi connectivity index (χ3n) is 3.89. The first kappa shape index (κ1) is 19.6. The molecule has 26 heavy (non-hydrogen) atoms. The summed E-state index contributed by atoms with van der Waals surface area (Å²) < 4.78 is 0. The molecular weight excluding hydrogens is 332 g/mol. The predicted octanol–water partition coefficient (Wildman–Crippen LogP) is 1.49. The lowest BCUT2D eigenvalue weighted by Gasteiger charge is -2.13. The van der Waals surface area contributed by atoms with Crippen LogP contribution in [0.2, 0.25) is 0 Å². The number of carbonyl (C=O) groups is 2. The van der Waals surface area contributed by atoms with Gasteiger partial charge in [0.05, 0.1) is 0 Å². The Morgan fingerprint density at radius 2 is 1.85 bits per heavy atom. The lowest BCUT2D eigenvalue weighted by molar-refractivity contribution is -0.129. The second-order valence-corrected chi connectivity index (χ2v) is 6.50. The fraction of sp³-hybridized carbons (Fsp3) is 0.500. The van der Waals surface area contributed by atoms with Gasteiger partial charge in [-0.3, -0.25) is 9.59 Å². The minimum absolute atomic E-state index is 0.0948. The van der Waals surface area contributed by atoms with Crippen molar-refractivity contribution in [3.63, 3.8) is 0 Å². The lowest BCUT2D eigenvalue weighted by Crippen LogP contribution is -2.46. The maximum absolute atomic E-state index is 12.0. The zero-order valence-electron chi connectivity index (χ0n) is 15.7. The molecule has 8 nitrogen and oxygen atoms in total. The Morgan fingerprint density at radius 3 is 2.46 bits per heavy atom. The summed E-state index contributed by atoms with van der Waals surface area (Å²) >= 11 is 0.